The fourth-order valence-electron chi connectivity index (χ4n) is 3.45. The van der Waals surface area contributed by atoms with E-state index in [0.29, 0.717) is 35.0 Å². The van der Waals surface area contributed by atoms with Gasteiger partial charge in [-0.25, -0.2) is 14.1 Å². The van der Waals surface area contributed by atoms with E-state index in [2.05, 4.69) is 15.4 Å². The minimum absolute atomic E-state index is 0.315. The highest BCUT2D eigenvalue weighted by Gasteiger charge is 2.19. The van der Waals surface area contributed by atoms with Gasteiger partial charge in [-0.1, -0.05) is 48.5 Å². The van der Waals surface area contributed by atoms with Crippen LogP contribution in [0.5, 0.6) is 0 Å². The summed E-state index contributed by atoms with van der Waals surface area (Å²) >= 11 is 0. The van der Waals surface area contributed by atoms with Crippen LogP contribution in [-0.4, -0.2) is 19.7 Å². The van der Waals surface area contributed by atoms with E-state index in [0.717, 1.165) is 16.8 Å². The van der Waals surface area contributed by atoms with Crippen molar-refractivity contribution in [3.05, 3.63) is 96.3 Å². The first-order valence-corrected chi connectivity index (χ1v) is 9.84. The van der Waals surface area contributed by atoms with Crippen molar-refractivity contribution in [2.75, 3.05) is 11.1 Å². The second-order valence-electron chi connectivity index (χ2n) is 7.07. The lowest BCUT2D eigenvalue weighted by atomic mass is 10.1. The van der Waals surface area contributed by atoms with E-state index >= 15 is 0 Å². The number of aromatic nitrogens is 4. The number of fused-ring (bicyclic) bond motifs is 1. The Morgan fingerprint density at radius 3 is 2.23 bits per heavy atom. The predicted molar refractivity (Wildman–Crippen MR) is 120 cm³/mol. The van der Waals surface area contributed by atoms with Crippen molar-refractivity contribution in [3.63, 3.8) is 0 Å². The number of para-hydroxylation sites is 1. The number of nitrogens with zero attached hydrogens (tertiary/aromatic N) is 4. The molecule has 5 aromatic rings. The lowest BCUT2D eigenvalue weighted by Gasteiger charge is -2.09. The maximum Gasteiger partial charge on any atom is 0.225 e. The second kappa shape index (κ2) is 7.87. The first-order valence-electron chi connectivity index (χ1n) is 9.84. The van der Waals surface area contributed by atoms with Gasteiger partial charge >= 0.3 is 0 Å². The van der Waals surface area contributed by atoms with Crippen molar-refractivity contribution in [2.24, 2.45) is 0 Å². The van der Waals surface area contributed by atoms with Crippen LogP contribution in [0.15, 0.2) is 84.9 Å². The second-order valence-corrected chi connectivity index (χ2v) is 7.07. The molecule has 3 N–H and O–H groups in total. The SMILES string of the molecule is Nc1c2c(-c3ccc(F)cc3)nc(NCc3ccccc3)nc2nn1-c1ccccc1. The molecule has 0 saturated carbocycles. The van der Waals surface area contributed by atoms with E-state index < -0.39 is 0 Å². The Hall–Kier alpha value is -4.26. The zero-order chi connectivity index (χ0) is 21.2. The van der Waals surface area contributed by atoms with E-state index in [1.54, 1.807) is 16.8 Å². The topological polar surface area (TPSA) is 81.7 Å². The molecule has 0 unspecified atom stereocenters. The first kappa shape index (κ1) is 18.7. The molecule has 0 aliphatic carbocycles. The highest BCUT2D eigenvalue weighted by Crippen LogP contribution is 2.32. The Bertz CT molecular complexity index is 1330. The van der Waals surface area contributed by atoms with Crippen molar-refractivity contribution < 1.29 is 4.39 Å². The number of rotatable bonds is 5. The van der Waals surface area contributed by atoms with Crippen LogP contribution in [0.3, 0.4) is 0 Å². The molecule has 5 rings (SSSR count). The van der Waals surface area contributed by atoms with Crippen molar-refractivity contribution in [2.45, 2.75) is 6.54 Å². The van der Waals surface area contributed by atoms with Crippen LogP contribution < -0.4 is 11.1 Å². The average molecular weight is 410 g/mol. The van der Waals surface area contributed by atoms with Gasteiger partial charge in [-0.3, -0.25) is 0 Å². The number of benzene rings is 3. The smallest absolute Gasteiger partial charge is 0.225 e. The molecule has 0 radical (unpaired) electrons. The Kier molecular flexibility index (Phi) is 4.76. The van der Waals surface area contributed by atoms with Crippen LogP contribution in [0.4, 0.5) is 16.2 Å². The number of hydrogen-bond acceptors (Lipinski definition) is 5. The maximum absolute atomic E-state index is 13.5. The first-order chi connectivity index (χ1) is 15.2. The lowest BCUT2D eigenvalue weighted by molar-refractivity contribution is 0.628. The third-order valence-electron chi connectivity index (χ3n) is 4.98. The summed E-state index contributed by atoms with van der Waals surface area (Å²) in [6.07, 6.45) is 0. The zero-order valence-electron chi connectivity index (χ0n) is 16.5. The van der Waals surface area contributed by atoms with Gasteiger partial charge in [-0.15, -0.1) is 5.10 Å². The molecule has 0 fully saturated rings. The van der Waals surface area contributed by atoms with Crippen LogP contribution in [0, 0.1) is 5.82 Å². The van der Waals surface area contributed by atoms with Gasteiger partial charge in [0.1, 0.15) is 11.6 Å². The molecule has 0 spiro atoms. The van der Waals surface area contributed by atoms with E-state index in [-0.39, 0.29) is 5.82 Å². The molecule has 0 bridgehead atoms. The summed E-state index contributed by atoms with van der Waals surface area (Å²) in [6, 6.07) is 25.7. The number of hydrogen-bond donors (Lipinski definition) is 2. The highest BCUT2D eigenvalue weighted by atomic mass is 19.1. The van der Waals surface area contributed by atoms with Gasteiger partial charge in [0.25, 0.3) is 0 Å². The number of halogens is 1. The summed E-state index contributed by atoms with van der Waals surface area (Å²) in [5.74, 6) is 0.535. The van der Waals surface area contributed by atoms with Gasteiger partial charge in [0.05, 0.1) is 16.8 Å². The van der Waals surface area contributed by atoms with Crippen LogP contribution in [0.2, 0.25) is 0 Å². The molecule has 0 aliphatic heterocycles. The van der Waals surface area contributed by atoms with Crippen LogP contribution in [-0.2, 0) is 6.54 Å². The molecule has 6 nitrogen and oxygen atoms in total. The van der Waals surface area contributed by atoms with Crippen molar-refractivity contribution >= 4 is 22.8 Å². The summed E-state index contributed by atoms with van der Waals surface area (Å²) in [6.45, 7) is 0.560. The van der Waals surface area contributed by atoms with E-state index in [4.69, 9.17) is 10.7 Å². The molecule has 152 valence electrons. The normalized spacial score (nSPS) is 11.0. The molecular weight excluding hydrogens is 391 g/mol. The van der Waals surface area contributed by atoms with Crippen LogP contribution in [0.1, 0.15) is 5.56 Å². The van der Waals surface area contributed by atoms with Crippen LogP contribution >= 0.6 is 0 Å². The molecule has 31 heavy (non-hydrogen) atoms. The number of nitrogens with two attached hydrogens (primary N) is 1. The fourth-order valence-corrected chi connectivity index (χ4v) is 3.45. The molecule has 0 saturated heterocycles. The quantitative estimate of drug-likeness (QED) is 0.434. The Morgan fingerprint density at radius 2 is 1.52 bits per heavy atom. The summed E-state index contributed by atoms with van der Waals surface area (Å²) in [5, 5.41) is 8.51. The summed E-state index contributed by atoms with van der Waals surface area (Å²) < 4.78 is 15.2. The van der Waals surface area contributed by atoms with Crippen molar-refractivity contribution in [3.8, 4) is 16.9 Å². The minimum Gasteiger partial charge on any atom is -0.383 e. The molecular formula is C24H19FN6. The van der Waals surface area contributed by atoms with E-state index in [1.807, 2.05) is 60.7 Å². The van der Waals surface area contributed by atoms with Crippen molar-refractivity contribution in [1.29, 1.82) is 0 Å². The van der Waals surface area contributed by atoms with Crippen LogP contribution in [0.25, 0.3) is 28.0 Å². The van der Waals surface area contributed by atoms with E-state index in [1.165, 1.54) is 12.1 Å². The molecule has 0 aliphatic rings. The lowest BCUT2D eigenvalue weighted by Crippen LogP contribution is -2.05. The van der Waals surface area contributed by atoms with E-state index in [9.17, 15) is 4.39 Å². The Balaban J connectivity index is 1.65. The number of nitrogen functional groups attached to an aromatic ring is 1. The number of anilines is 2. The van der Waals surface area contributed by atoms with Gasteiger partial charge in [0, 0.05) is 12.1 Å². The molecule has 3 aromatic carbocycles. The third kappa shape index (κ3) is 3.69. The van der Waals surface area contributed by atoms with Gasteiger partial charge in [0.2, 0.25) is 5.95 Å². The third-order valence-corrected chi connectivity index (χ3v) is 4.98. The zero-order valence-corrected chi connectivity index (χ0v) is 16.5. The maximum atomic E-state index is 13.5. The highest BCUT2D eigenvalue weighted by molar-refractivity contribution is 5.99. The van der Waals surface area contributed by atoms with Crippen molar-refractivity contribution in [1.82, 2.24) is 19.7 Å². The Morgan fingerprint density at radius 1 is 0.839 bits per heavy atom. The largest absolute Gasteiger partial charge is 0.383 e. The van der Waals surface area contributed by atoms with Gasteiger partial charge in [-0.2, -0.15) is 4.98 Å². The standard InChI is InChI=1S/C24H19FN6/c25-18-13-11-17(12-14-18)21-20-22(26)31(19-9-5-2-6-10-19)30-23(20)29-24(28-21)27-15-16-7-3-1-4-8-16/h1-14H,15,26H2,(H,27,29,30). The summed E-state index contributed by atoms with van der Waals surface area (Å²) in [5.41, 5.74) is 10.2. The van der Waals surface area contributed by atoms with Gasteiger partial charge in [-0.05, 0) is 42.0 Å². The minimum atomic E-state index is -0.315. The van der Waals surface area contributed by atoms with Gasteiger partial charge in [0.15, 0.2) is 5.65 Å². The summed E-state index contributed by atoms with van der Waals surface area (Å²) in [4.78, 5) is 9.30. The fraction of sp³-hybridized carbons (Fsp3) is 0.0417. The molecule has 0 atom stereocenters. The predicted octanol–water partition coefficient (Wildman–Crippen LogP) is 4.82. The Labute approximate surface area is 178 Å². The number of nitrogens with one attached hydrogen (secondary N) is 1. The molecule has 7 heteroatoms. The molecule has 2 aromatic heterocycles. The molecule has 0 amide bonds. The summed E-state index contributed by atoms with van der Waals surface area (Å²) in [7, 11) is 0. The monoisotopic (exact) mass is 410 g/mol. The average Bonchev–Trinajstić information content (AvgIpc) is 3.15. The molecule has 2 heterocycles. The van der Waals surface area contributed by atoms with Gasteiger partial charge < -0.3 is 11.1 Å².